The fourth-order valence-electron chi connectivity index (χ4n) is 4.02. The molecule has 0 aliphatic carbocycles. The van der Waals surface area contributed by atoms with E-state index in [0.29, 0.717) is 17.9 Å². The van der Waals surface area contributed by atoms with Gasteiger partial charge in [-0.2, -0.15) is 0 Å². The van der Waals surface area contributed by atoms with E-state index in [-0.39, 0.29) is 17.8 Å². The highest BCUT2D eigenvalue weighted by Crippen LogP contribution is 2.28. The number of carbonyl (C=O) groups excluding carboxylic acids is 1. The Kier molecular flexibility index (Phi) is 5.93. The van der Waals surface area contributed by atoms with Crippen LogP contribution in [0.15, 0.2) is 118 Å². The summed E-state index contributed by atoms with van der Waals surface area (Å²) < 4.78 is 16.7. The normalized spacial score (nSPS) is 10.9. The predicted molar refractivity (Wildman–Crippen MR) is 140 cm³/mol. The molecule has 1 amide bonds. The molecule has 0 spiro atoms. The van der Waals surface area contributed by atoms with Gasteiger partial charge in [0.25, 0.3) is 11.8 Å². The summed E-state index contributed by atoms with van der Waals surface area (Å²) in [6.07, 6.45) is 1.51. The maximum Gasteiger partial charge on any atom is 0.322 e. The molecule has 180 valence electrons. The van der Waals surface area contributed by atoms with Crippen LogP contribution in [0.25, 0.3) is 33.6 Å². The van der Waals surface area contributed by atoms with Gasteiger partial charge < -0.3 is 13.6 Å². The molecule has 37 heavy (non-hydrogen) atoms. The number of hydrogen-bond acceptors (Lipinski definition) is 6. The number of furan rings is 1. The van der Waals surface area contributed by atoms with Crippen molar-refractivity contribution in [1.29, 1.82) is 0 Å². The number of nitrogens with zero attached hydrogens (tertiary/aromatic N) is 2. The first kappa shape index (κ1) is 22.3. The molecule has 0 saturated carbocycles. The minimum atomic E-state index is -0.350. The number of carbonyl (C=O) groups is 1. The first-order valence-corrected chi connectivity index (χ1v) is 11.7. The molecule has 7 heteroatoms. The number of fused-ring (bicyclic) bond motifs is 1. The second-order valence-electron chi connectivity index (χ2n) is 8.42. The highest BCUT2D eigenvalue weighted by molar-refractivity contribution is 6.04. The Morgan fingerprint density at radius 1 is 0.784 bits per heavy atom. The van der Waals surface area contributed by atoms with Gasteiger partial charge in [0.2, 0.25) is 0 Å². The van der Waals surface area contributed by atoms with E-state index in [4.69, 9.17) is 13.6 Å². The van der Waals surface area contributed by atoms with Crippen LogP contribution in [0.5, 0.6) is 5.75 Å². The SMILES string of the molecule is O=C(Nc1nnc(-c2ccco2)o1)c1cccc(-c2ccc3cc(OCc4ccccc4)ccc3c2)c1. The lowest BCUT2D eigenvalue weighted by atomic mass is 9.99. The third-order valence-electron chi connectivity index (χ3n) is 5.90. The number of aromatic nitrogens is 2. The van der Waals surface area contributed by atoms with Gasteiger partial charge in [0.1, 0.15) is 12.4 Å². The molecule has 1 N–H and O–H groups in total. The smallest absolute Gasteiger partial charge is 0.322 e. The molecule has 0 fully saturated rings. The van der Waals surface area contributed by atoms with Gasteiger partial charge in [-0.25, -0.2) is 0 Å². The summed E-state index contributed by atoms with van der Waals surface area (Å²) in [5.41, 5.74) is 3.51. The summed E-state index contributed by atoms with van der Waals surface area (Å²) >= 11 is 0. The van der Waals surface area contributed by atoms with Gasteiger partial charge in [-0.1, -0.05) is 65.8 Å². The molecule has 0 atom stereocenters. The standard InChI is InChI=1S/C30H21N3O4/c34-28(31-30-33-32-29(37-30)27-10-5-15-35-27)25-9-4-8-21(17-25)22-11-12-24-18-26(14-13-23(24)16-22)36-19-20-6-2-1-3-7-20/h1-18H,19H2,(H,31,33,34). The van der Waals surface area contributed by atoms with E-state index in [1.807, 2.05) is 72.8 Å². The molecule has 7 nitrogen and oxygen atoms in total. The van der Waals surface area contributed by atoms with Gasteiger partial charge in [0, 0.05) is 5.56 Å². The van der Waals surface area contributed by atoms with Crippen molar-refractivity contribution in [2.45, 2.75) is 6.61 Å². The Labute approximate surface area is 212 Å². The molecular weight excluding hydrogens is 466 g/mol. The van der Waals surface area contributed by atoms with Crippen LogP contribution < -0.4 is 10.1 Å². The lowest BCUT2D eigenvalue weighted by Crippen LogP contribution is -2.12. The van der Waals surface area contributed by atoms with Crippen LogP contribution in [-0.2, 0) is 6.61 Å². The molecule has 0 radical (unpaired) electrons. The molecule has 2 aromatic heterocycles. The van der Waals surface area contributed by atoms with E-state index in [0.717, 1.165) is 33.2 Å². The van der Waals surface area contributed by atoms with Crippen molar-refractivity contribution in [3.63, 3.8) is 0 Å². The molecule has 6 aromatic rings. The first-order valence-electron chi connectivity index (χ1n) is 11.7. The third kappa shape index (κ3) is 4.97. The van der Waals surface area contributed by atoms with Crippen LogP contribution in [-0.4, -0.2) is 16.1 Å². The average molecular weight is 488 g/mol. The lowest BCUT2D eigenvalue weighted by Gasteiger charge is -2.09. The zero-order chi connectivity index (χ0) is 25.0. The summed E-state index contributed by atoms with van der Waals surface area (Å²) in [6.45, 7) is 0.521. The molecule has 0 unspecified atom stereocenters. The first-order chi connectivity index (χ1) is 18.2. The minimum Gasteiger partial charge on any atom is -0.489 e. The molecule has 0 aliphatic heterocycles. The van der Waals surface area contributed by atoms with Crippen LogP contribution in [0, 0.1) is 0 Å². The van der Waals surface area contributed by atoms with E-state index < -0.39 is 0 Å². The van der Waals surface area contributed by atoms with Crippen molar-refractivity contribution < 1.29 is 18.4 Å². The number of ether oxygens (including phenoxy) is 1. The average Bonchev–Trinajstić information content (AvgIpc) is 3.65. The topological polar surface area (TPSA) is 90.4 Å². The number of anilines is 1. The van der Waals surface area contributed by atoms with Crippen LogP contribution in [0.1, 0.15) is 15.9 Å². The fourth-order valence-corrected chi connectivity index (χ4v) is 4.02. The molecule has 6 rings (SSSR count). The Morgan fingerprint density at radius 3 is 2.49 bits per heavy atom. The lowest BCUT2D eigenvalue weighted by molar-refractivity contribution is 0.102. The highest BCUT2D eigenvalue weighted by atomic mass is 16.5. The summed E-state index contributed by atoms with van der Waals surface area (Å²) in [4.78, 5) is 12.8. The zero-order valence-electron chi connectivity index (χ0n) is 19.6. The van der Waals surface area contributed by atoms with Crippen LogP contribution in [0.4, 0.5) is 6.01 Å². The maximum atomic E-state index is 12.8. The van der Waals surface area contributed by atoms with E-state index >= 15 is 0 Å². The van der Waals surface area contributed by atoms with Gasteiger partial charge in [-0.15, -0.1) is 5.10 Å². The van der Waals surface area contributed by atoms with Crippen LogP contribution >= 0.6 is 0 Å². The Balaban J connectivity index is 1.17. The summed E-state index contributed by atoms with van der Waals surface area (Å²) in [7, 11) is 0. The number of amides is 1. The highest BCUT2D eigenvalue weighted by Gasteiger charge is 2.15. The Morgan fingerprint density at radius 2 is 1.62 bits per heavy atom. The van der Waals surface area contributed by atoms with E-state index in [2.05, 4.69) is 27.6 Å². The van der Waals surface area contributed by atoms with Gasteiger partial charge in [0.05, 0.1) is 6.26 Å². The Hall–Kier alpha value is -5.17. The monoisotopic (exact) mass is 487 g/mol. The third-order valence-corrected chi connectivity index (χ3v) is 5.90. The summed E-state index contributed by atoms with van der Waals surface area (Å²) in [5.74, 6) is 1.09. The molecule has 0 saturated heterocycles. The number of nitrogens with one attached hydrogen (secondary N) is 1. The van der Waals surface area contributed by atoms with Crippen molar-refractivity contribution in [1.82, 2.24) is 10.2 Å². The number of benzene rings is 4. The van der Waals surface area contributed by atoms with E-state index in [9.17, 15) is 4.79 Å². The van der Waals surface area contributed by atoms with Crippen molar-refractivity contribution in [2.75, 3.05) is 5.32 Å². The Bertz CT molecular complexity index is 1670. The molecule has 0 bridgehead atoms. The van der Waals surface area contributed by atoms with Crippen molar-refractivity contribution >= 4 is 22.7 Å². The van der Waals surface area contributed by atoms with Gasteiger partial charge in [0.15, 0.2) is 5.76 Å². The summed E-state index contributed by atoms with van der Waals surface area (Å²) in [5, 5.41) is 12.6. The second-order valence-corrected chi connectivity index (χ2v) is 8.42. The molecular formula is C30H21N3O4. The molecule has 4 aromatic carbocycles. The maximum absolute atomic E-state index is 12.8. The zero-order valence-corrected chi connectivity index (χ0v) is 19.6. The largest absolute Gasteiger partial charge is 0.489 e. The molecule has 2 heterocycles. The van der Waals surface area contributed by atoms with E-state index in [1.165, 1.54) is 6.26 Å². The van der Waals surface area contributed by atoms with Crippen molar-refractivity contribution in [3.05, 3.63) is 121 Å². The minimum absolute atomic E-state index is 0.00204. The second kappa shape index (κ2) is 9.83. The molecule has 0 aliphatic rings. The van der Waals surface area contributed by atoms with Crippen molar-refractivity contribution in [2.24, 2.45) is 0 Å². The van der Waals surface area contributed by atoms with E-state index in [1.54, 1.807) is 18.2 Å². The fraction of sp³-hybridized carbons (Fsp3) is 0.0333. The number of rotatable bonds is 7. The van der Waals surface area contributed by atoms with Gasteiger partial charge in [-0.05, 0) is 69.9 Å². The summed E-state index contributed by atoms with van der Waals surface area (Å²) in [6, 6.07) is 33.1. The van der Waals surface area contributed by atoms with Crippen molar-refractivity contribution in [3.8, 4) is 28.5 Å². The van der Waals surface area contributed by atoms with Crippen LogP contribution in [0.3, 0.4) is 0 Å². The van der Waals surface area contributed by atoms with Gasteiger partial charge >= 0.3 is 6.01 Å². The van der Waals surface area contributed by atoms with Gasteiger partial charge in [-0.3, -0.25) is 10.1 Å². The number of hydrogen-bond donors (Lipinski definition) is 1. The quantitative estimate of drug-likeness (QED) is 0.261. The van der Waals surface area contributed by atoms with Crippen LogP contribution in [0.2, 0.25) is 0 Å². The predicted octanol–water partition coefficient (Wildman–Crippen LogP) is 6.98.